The SMILES string of the molecule is CCCN(CC(=O)Nc1ccc(C(=O)OCC)cc1)Cc1nnc(-c2ccco2)o1. The molecule has 9 nitrogen and oxygen atoms in total. The predicted octanol–water partition coefficient (Wildman–Crippen LogP) is 3.36. The van der Waals surface area contributed by atoms with Gasteiger partial charge >= 0.3 is 5.97 Å². The summed E-state index contributed by atoms with van der Waals surface area (Å²) in [4.78, 5) is 26.1. The number of benzene rings is 1. The lowest BCUT2D eigenvalue weighted by Crippen LogP contribution is -2.33. The first-order valence-corrected chi connectivity index (χ1v) is 9.74. The van der Waals surface area contributed by atoms with Gasteiger partial charge in [0.1, 0.15) is 0 Å². The number of esters is 1. The number of rotatable bonds is 10. The predicted molar refractivity (Wildman–Crippen MR) is 109 cm³/mol. The van der Waals surface area contributed by atoms with Crippen LogP contribution in [0.5, 0.6) is 0 Å². The van der Waals surface area contributed by atoms with Crippen LogP contribution in [0, 0.1) is 0 Å². The molecule has 2 heterocycles. The van der Waals surface area contributed by atoms with E-state index in [0.717, 1.165) is 6.42 Å². The average Bonchev–Trinajstić information content (AvgIpc) is 3.40. The number of furan rings is 1. The van der Waals surface area contributed by atoms with Crippen LogP contribution in [0.4, 0.5) is 5.69 Å². The minimum absolute atomic E-state index is 0.159. The van der Waals surface area contributed by atoms with Gasteiger partial charge in [-0.1, -0.05) is 6.92 Å². The van der Waals surface area contributed by atoms with E-state index in [9.17, 15) is 9.59 Å². The van der Waals surface area contributed by atoms with Gasteiger partial charge in [0.2, 0.25) is 11.8 Å². The van der Waals surface area contributed by atoms with Crippen molar-refractivity contribution in [3.63, 3.8) is 0 Å². The summed E-state index contributed by atoms with van der Waals surface area (Å²) in [6.07, 6.45) is 2.40. The molecule has 0 spiro atoms. The molecule has 0 aliphatic heterocycles. The number of nitrogens with zero attached hydrogens (tertiary/aromatic N) is 3. The summed E-state index contributed by atoms with van der Waals surface area (Å²) >= 11 is 0. The number of carbonyl (C=O) groups excluding carboxylic acids is 2. The second-order valence-corrected chi connectivity index (χ2v) is 6.53. The van der Waals surface area contributed by atoms with E-state index in [1.807, 2.05) is 11.8 Å². The molecular weight excluding hydrogens is 388 g/mol. The van der Waals surface area contributed by atoms with Gasteiger partial charge in [0, 0.05) is 5.69 Å². The van der Waals surface area contributed by atoms with Gasteiger partial charge in [-0.3, -0.25) is 9.69 Å². The number of hydrogen-bond acceptors (Lipinski definition) is 8. The fraction of sp³-hybridized carbons (Fsp3) is 0.333. The molecule has 0 bridgehead atoms. The third-order valence-corrected chi connectivity index (χ3v) is 4.14. The highest BCUT2D eigenvalue weighted by Crippen LogP contribution is 2.18. The number of ether oxygens (including phenoxy) is 1. The van der Waals surface area contributed by atoms with Crippen LogP contribution >= 0.6 is 0 Å². The van der Waals surface area contributed by atoms with Crippen LogP contribution in [0.15, 0.2) is 51.5 Å². The summed E-state index contributed by atoms with van der Waals surface area (Å²) in [6, 6.07) is 10.1. The van der Waals surface area contributed by atoms with Crippen LogP contribution < -0.4 is 5.32 Å². The smallest absolute Gasteiger partial charge is 0.338 e. The van der Waals surface area contributed by atoms with E-state index in [2.05, 4.69) is 15.5 Å². The van der Waals surface area contributed by atoms with Gasteiger partial charge in [-0.2, -0.15) is 0 Å². The van der Waals surface area contributed by atoms with Crippen molar-refractivity contribution in [2.24, 2.45) is 0 Å². The van der Waals surface area contributed by atoms with Crippen molar-refractivity contribution >= 4 is 17.6 Å². The molecule has 0 radical (unpaired) electrons. The van der Waals surface area contributed by atoms with Crippen LogP contribution in [0.2, 0.25) is 0 Å². The quantitative estimate of drug-likeness (QED) is 0.505. The summed E-state index contributed by atoms with van der Waals surface area (Å²) in [7, 11) is 0. The Hall–Kier alpha value is -3.46. The first-order chi connectivity index (χ1) is 14.6. The number of amides is 1. The summed E-state index contributed by atoms with van der Waals surface area (Å²) in [5.74, 6) is 0.634. The van der Waals surface area contributed by atoms with Crippen molar-refractivity contribution in [3.8, 4) is 11.7 Å². The summed E-state index contributed by atoms with van der Waals surface area (Å²) in [6.45, 7) is 5.28. The number of nitrogens with one attached hydrogen (secondary N) is 1. The molecule has 0 saturated carbocycles. The highest BCUT2D eigenvalue weighted by atomic mass is 16.5. The molecule has 158 valence electrons. The van der Waals surface area contributed by atoms with Gasteiger partial charge in [-0.15, -0.1) is 10.2 Å². The minimum atomic E-state index is -0.391. The molecule has 1 N–H and O–H groups in total. The molecule has 1 aromatic carbocycles. The van der Waals surface area contributed by atoms with Crippen molar-refractivity contribution in [3.05, 3.63) is 54.1 Å². The maximum Gasteiger partial charge on any atom is 0.338 e. The van der Waals surface area contributed by atoms with E-state index >= 15 is 0 Å². The highest BCUT2D eigenvalue weighted by Gasteiger charge is 2.16. The number of carbonyl (C=O) groups is 2. The van der Waals surface area contributed by atoms with Gasteiger partial charge in [-0.25, -0.2) is 4.79 Å². The minimum Gasteiger partial charge on any atom is -0.462 e. The van der Waals surface area contributed by atoms with Crippen molar-refractivity contribution < 1.29 is 23.2 Å². The Labute approximate surface area is 174 Å². The maximum atomic E-state index is 12.5. The normalized spacial score (nSPS) is 10.9. The fourth-order valence-corrected chi connectivity index (χ4v) is 2.85. The van der Waals surface area contributed by atoms with E-state index in [4.69, 9.17) is 13.6 Å². The molecule has 0 unspecified atom stereocenters. The first kappa shape index (κ1) is 21.3. The van der Waals surface area contributed by atoms with Crippen molar-refractivity contribution in [2.45, 2.75) is 26.8 Å². The molecule has 3 rings (SSSR count). The zero-order valence-electron chi connectivity index (χ0n) is 17.0. The number of anilines is 1. The molecule has 3 aromatic rings. The largest absolute Gasteiger partial charge is 0.462 e. The fourth-order valence-electron chi connectivity index (χ4n) is 2.85. The molecule has 2 aromatic heterocycles. The van der Waals surface area contributed by atoms with Gasteiger partial charge < -0.3 is 18.9 Å². The van der Waals surface area contributed by atoms with Crippen molar-refractivity contribution in [1.82, 2.24) is 15.1 Å². The molecule has 9 heteroatoms. The van der Waals surface area contributed by atoms with Gasteiger partial charge in [-0.05, 0) is 56.3 Å². The topological polar surface area (TPSA) is 111 Å². The van der Waals surface area contributed by atoms with Crippen molar-refractivity contribution in [1.29, 1.82) is 0 Å². The van der Waals surface area contributed by atoms with E-state index in [0.29, 0.717) is 48.5 Å². The lowest BCUT2D eigenvalue weighted by atomic mass is 10.2. The van der Waals surface area contributed by atoms with Gasteiger partial charge in [0.15, 0.2) is 5.76 Å². The van der Waals surface area contributed by atoms with Crippen LogP contribution in [-0.4, -0.2) is 46.7 Å². The Bertz CT molecular complexity index is 950. The Morgan fingerprint density at radius 3 is 2.60 bits per heavy atom. The lowest BCUT2D eigenvalue weighted by molar-refractivity contribution is -0.117. The number of aromatic nitrogens is 2. The molecule has 0 saturated heterocycles. The summed E-state index contributed by atoms with van der Waals surface area (Å²) in [5, 5.41) is 10.8. The molecule has 1 amide bonds. The lowest BCUT2D eigenvalue weighted by Gasteiger charge is -2.19. The van der Waals surface area contributed by atoms with Gasteiger partial charge in [0.25, 0.3) is 5.89 Å². The van der Waals surface area contributed by atoms with E-state index in [1.54, 1.807) is 43.3 Å². The van der Waals surface area contributed by atoms with E-state index in [-0.39, 0.29) is 12.5 Å². The standard InChI is InChI=1S/C21H24N4O5/c1-3-11-25(14-19-23-24-20(30-19)17-6-5-12-29-17)13-18(26)22-16-9-7-15(8-10-16)21(27)28-4-2/h5-10,12H,3-4,11,13-14H2,1-2H3,(H,22,26). The molecule has 0 fully saturated rings. The molecule has 30 heavy (non-hydrogen) atoms. The maximum absolute atomic E-state index is 12.5. The van der Waals surface area contributed by atoms with Crippen LogP contribution in [0.1, 0.15) is 36.5 Å². The highest BCUT2D eigenvalue weighted by molar-refractivity contribution is 5.94. The zero-order chi connectivity index (χ0) is 21.3. The Kier molecular flexibility index (Phi) is 7.34. The first-order valence-electron chi connectivity index (χ1n) is 9.74. The molecule has 0 aliphatic rings. The summed E-state index contributed by atoms with van der Waals surface area (Å²) < 4.78 is 15.8. The third kappa shape index (κ3) is 5.77. The van der Waals surface area contributed by atoms with E-state index < -0.39 is 5.97 Å². The zero-order valence-corrected chi connectivity index (χ0v) is 17.0. The second-order valence-electron chi connectivity index (χ2n) is 6.53. The van der Waals surface area contributed by atoms with Crippen molar-refractivity contribution in [2.75, 3.05) is 25.0 Å². The average molecular weight is 412 g/mol. The monoisotopic (exact) mass is 412 g/mol. The van der Waals surface area contributed by atoms with Crippen LogP contribution in [-0.2, 0) is 16.1 Å². The molecule has 0 atom stereocenters. The number of hydrogen-bond donors (Lipinski definition) is 1. The summed E-state index contributed by atoms with van der Waals surface area (Å²) in [5.41, 5.74) is 1.04. The van der Waals surface area contributed by atoms with Crippen LogP contribution in [0.3, 0.4) is 0 Å². The Morgan fingerprint density at radius 1 is 1.13 bits per heavy atom. The van der Waals surface area contributed by atoms with E-state index in [1.165, 1.54) is 6.26 Å². The van der Waals surface area contributed by atoms with Crippen LogP contribution in [0.25, 0.3) is 11.7 Å². The molecule has 0 aliphatic carbocycles. The second kappa shape index (κ2) is 10.4. The third-order valence-electron chi connectivity index (χ3n) is 4.14. The molecular formula is C21H24N4O5. The Balaban J connectivity index is 1.56. The van der Waals surface area contributed by atoms with Gasteiger partial charge in [0.05, 0.1) is 31.5 Å². The Morgan fingerprint density at radius 2 is 1.93 bits per heavy atom.